The van der Waals surface area contributed by atoms with Crippen molar-refractivity contribution in [3.05, 3.63) is 52.2 Å². The van der Waals surface area contributed by atoms with Crippen molar-refractivity contribution < 1.29 is 4.79 Å². The van der Waals surface area contributed by atoms with Gasteiger partial charge in [0.1, 0.15) is 6.17 Å². The third kappa shape index (κ3) is 2.10. The smallest absolute Gasteiger partial charge is 0.258 e. The monoisotopic (exact) mass is 286 g/mol. The molecule has 2 atom stereocenters. The molecule has 1 N–H and O–H groups in total. The second-order valence-corrected chi connectivity index (χ2v) is 5.90. The zero-order valence-electron chi connectivity index (χ0n) is 11.7. The van der Waals surface area contributed by atoms with Crippen LogP contribution in [0.15, 0.2) is 41.1 Å². The van der Waals surface area contributed by atoms with Crippen LogP contribution in [-0.2, 0) is 0 Å². The van der Waals surface area contributed by atoms with Gasteiger partial charge < -0.3 is 10.2 Å². The zero-order valence-corrected chi connectivity index (χ0v) is 12.5. The number of anilines is 1. The maximum atomic E-state index is 12.8. The number of nitrogens with one attached hydrogen (secondary N) is 1. The van der Waals surface area contributed by atoms with Gasteiger partial charge in [-0.3, -0.25) is 4.79 Å². The van der Waals surface area contributed by atoms with Crippen molar-refractivity contribution in [1.29, 1.82) is 0 Å². The average molecular weight is 286 g/mol. The van der Waals surface area contributed by atoms with Gasteiger partial charge in [-0.25, -0.2) is 0 Å². The normalized spacial score (nSPS) is 19.4. The van der Waals surface area contributed by atoms with E-state index < -0.39 is 0 Å². The Kier molecular flexibility index (Phi) is 3.49. The average Bonchev–Trinajstić information content (AvgIpc) is 3.00. The van der Waals surface area contributed by atoms with Crippen LogP contribution in [0.4, 0.5) is 5.69 Å². The largest absolute Gasteiger partial charge is 0.361 e. The maximum absolute atomic E-state index is 12.8. The minimum Gasteiger partial charge on any atom is -0.361 e. The Morgan fingerprint density at radius 3 is 2.85 bits per heavy atom. The van der Waals surface area contributed by atoms with Gasteiger partial charge in [-0.15, -0.1) is 0 Å². The second-order valence-electron chi connectivity index (χ2n) is 5.12. The SMILES string of the molecule is CC[C@@H](C)N1C(=O)c2ccccc2N[C@H]1c1ccsc1. The Hall–Kier alpha value is -1.81. The van der Waals surface area contributed by atoms with Crippen molar-refractivity contribution >= 4 is 22.9 Å². The number of nitrogens with zero attached hydrogens (tertiary/aromatic N) is 1. The highest BCUT2D eigenvalue weighted by Gasteiger charge is 2.35. The molecule has 1 aromatic heterocycles. The van der Waals surface area contributed by atoms with Gasteiger partial charge in [0.25, 0.3) is 5.91 Å². The number of carbonyl (C=O) groups is 1. The first-order chi connectivity index (χ1) is 9.72. The predicted molar refractivity (Wildman–Crippen MR) is 83.0 cm³/mol. The van der Waals surface area contributed by atoms with E-state index in [1.54, 1.807) is 11.3 Å². The Balaban J connectivity index is 2.07. The summed E-state index contributed by atoms with van der Waals surface area (Å²) in [7, 11) is 0. The van der Waals surface area contributed by atoms with Crippen molar-refractivity contribution in [2.45, 2.75) is 32.5 Å². The van der Waals surface area contributed by atoms with E-state index in [-0.39, 0.29) is 18.1 Å². The minimum absolute atomic E-state index is 0.0707. The van der Waals surface area contributed by atoms with Crippen LogP contribution < -0.4 is 5.32 Å². The third-order valence-corrected chi connectivity index (χ3v) is 4.59. The summed E-state index contributed by atoms with van der Waals surface area (Å²) in [5.74, 6) is 0.116. The fraction of sp³-hybridized carbons (Fsp3) is 0.312. The van der Waals surface area contributed by atoms with Crippen molar-refractivity contribution in [1.82, 2.24) is 4.90 Å². The molecule has 0 bridgehead atoms. The first kappa shape index (κ1) is 13.2. The number of amides is 1. The van der Waals surface area contributed by atoms with E-state index >= 15 is 0 Å². The zero-order chi connectivity index (χ0) is 14.1. The first-order valence-corrected chi connectivity index (χ1v) is 7.87. The van der Waals surface area contributed by atoms with E-state index in [0.29, 0.717) is 0 Å². The van der Waals surface area contributed by atoms with Gasteiger partial charge in [0.2, 0.25) is 0 Å². The minimum atomic E-state index is -0.0707. The molecule has 2 aromatic rings. The summed E-state index contributed by atoms with van der Waals surface area (Å²) in [5, 5.41) is 7.66. The van der Waals surface area contributed by atoms with Crippen LogP contribution in [0.3, 0.4) is 0 Å². The van der Waals surface area contributed by atoms with Gasteiger partial charge in [-0.1, -0.05) is 19.1 Å². The third-order valence-electron chi connectivity index (χ3n) is 3.89. The van der Waals surface area contributed by atoms with Crippen LogP contribution in [0.2, 0.25) is 0 Å². The van der Waals surface area contributed by atoms with Crippen LogP contribution in [0, 0.1) is 0 Å². The quantitative estimate of drug-likeness (QED) is 0.920. The fourth-order valence-corrected chi connectivity index (χ4v) is 3.27. The number of para-hydroxylation sites is 1. The highest BCUT2D eigenvalue weighted by atomic mass is 32.1. The molecule has 0 saturated carbocycles. The molecule has 1 aliphatic rings. The number of hydrogen-bond donors (Lipinski definition) is 1. The lowest BCUT2D eigenvalue weighted by molar-refractivity contribution is 0.0594. The van der Waals surface area contributed by atoms with E-state index in [1.165, 1.54) is 0 Å². The molecule has 104 valence electrons. The Labute approximate surface area is 123 Å². The van der Waals surface area contributed by atoms with E-state index in [0.717, 1.165) is 23.2 Å². The topological polar surface area (TPSA) is 32.3 Å². The molecule has 4 heteroatoms. The maximum Gasteiger partial charge on any atom is 0.258 e. The van der Waals surface area contributed by atoms with Gasteiger partial charge in [0.05, 0.1) is 5.56 Å². The summed E-state index contributed by atoms with van der Waals surface area (Å²) in [6.07, 6.45) is 0.870. The highest BCUT2D eigenvalue weighted by Crippen LogP contribution is 2.35. The summed E-state index contributed by atoms with van der Waals surface area (Å²) >= 11 is 1.66. The lowest BCUT2D eigenvalue weighted by Crippen LogP contribution is -2.47. The van der Waals surface area contributed by atoms with Crippen LogP contribution >= 0.6 is 11.3 Å². The number of hydrogen-bond acceptors (Lipinski definition) is 3. The molecule has 1 amide bonds. The number of carbonyl (C=O) groups excluding carboxylic acids is 1. The molecular formula is C16H18N2OS. The standard InChI is InChI=1S/C16H18N2OS/c1-3-11(2)18-15(12-8-9-20-10-12)17-14-7-5-4-6-13(14)16(18)19/h4-11,15,17H,3H2,1-2H3/t11-,15-/m1/s1. The van der Waals surface area contributed by atoms with Crippen LogP contribution in [0.1, 0.15) is 42.4 Å². The molecule has 0 fully saturated rings. The number of fused-ring (bicyclic) bond motifs is 1. The van der Waals surface area contributed by atoms with Crippen molar-refractivity contribution in [3.63, 3.8) is 0 Å². The van der Waals surface area contributed by atoms with Gasteiger partial charge in [-0.2, -0.15) is 11.3 Å². The molecule has 0 saturated heterocycles. The summed E-state index contributed by atoms with van der Waals surface area (Å²) in [5.41, 5.74) is 2.84. The summed E-state index contributed by atoms with van der Waals surface area (Å²) in [6.45, 7) is 4.22. The van der Waals surface area contributed by atoms with Crippen molar-refractivity contribution in [3.8, 4) is 0 Å². The first-order valence-electron chi connectivity index (χ1n) is 6.92. The van der Waals surface area contributed by atoms with E-state index in [2.05, 4.69) is 36.0 Å². The Morgan fingerprint density at radius 1 is 1.35 bits per heavy atom. The molecular weight excluding hydrogens is 268 g/mol. The van der Waals surface area contributed by atoms with Gasteiger partial charge in [0, 0.05) is 17.3 Å². The summed E-state index contributed by atoms with van der Waals surface area (Å²) in [4.78, 5) is 14.8. The lowest BCUT2D eigenvalue weighted by Gasteiger charge is -2.41. The number of benzene rings is 1. The Morgan fingerprint density at radius 2 is 2.15 bits per heavy atom. The molecule has 2 heterocycles. The molecule has 1 aliphatic heterocycles. The molecule has 3 rings (SSSR count). The molecule has 0 aliphatic carbocycles. The summed E-state index contributed by atoms with van der Waals surface area (Å²) < 4.78 is 0. The molecule has 0 unspecified atom stereocenters. The van der Waals surface area contributed by atoms with Crippen molar-refractivity contribution in [2.75, 3.05) is 5.32 Å². The molecule has 0 radical (unpaired) electrons. The van der Waals surface area contributed by atoms with Crippen LogP contribution in [0.25, 0.3) is 0 Å². The van der Waals surface area contributed by atoms with Gasteiger partial charge in [-0.05, 0) is 42.3 Å². The fourth-order valence-electron chi connectivity index (χ4n) is 2.59. The van der Waals surface area contributed by atoms with Gasteiger partial charge >= 0.3 is 0 Å². The Bertz CT molecular complexity index is 609. The van der Waals surface area contributed by atoms with Crippen LogP contribution in [-0.4, -0.2) is 16.8 Å². The predicted octanol–water partition coefficient (Wildman–Crippen LogP) is 4.11. The van der Waals surface area contributed by atoms with Crippen LogP contribution in [0.5, 0.6) is 0 Å². The van der Waals surface area contributed by atoms with E-state index in [1.807, 2.05) is 29.2 Å². The molecule has 20 heavy (non-hydrogen) atoms. The molecule has 0 spiro atoms. The molecule has 1 aromatic carbocycles. The van der Waals surface area contributed by atoms with Gasteiger partial charge in [0.15, 0.2) is 0 Å². The lowest BCUT2D eigenvalue weighted by atomic mass is 10.0. The highest BCUT2D eigenvalue weighted by molar-refractivity contribution is 7.08. The second kappa shape index (κ2) is 5.29. The van der Waals surface area contributed by atoms with E-state index in [9.17, 15) is 4.79 Å². The molecule has 3 nitrogen and oxygen atoms in total. The number of rotatable bonds is 3. The van der Waals surface area contributed by atoms with E-state index in [4.69, 9.17) is 0 Å². The van der Waals surface area contributed by atoms with Crippen molar-refractivity contribution in [2.24, 2.45) is 0 Å². The number of thiophene rings is 1. The summed E-state index contributed by atoms with van der Waals surface area (Å²) in [6, 6.07) is 10.0.